The zero-order chi connectivity index (χ0) is 24.9. The largest absolute Gasteiger partial charge is 0.459 e. The molecule has 0 unspecified atom stereocenters. The Labute approximate surface area is 198 Å². The summed E-state index contributed by atoms with van der Waals surface area (Å²) >= 11 is 0. The summed E-state index contributed by atoms with van der Waals surface area (Å²) in [7, 11) is 0. The number of carbonyl (C=O) groups is 5. The molecule has 1 aromatic heterocycles. The monoisotopic (exact) mass is 473 g/mol. The van der Waals surface area contributed by atoms with Gasteiger partial charge < -0.3 is 9.73 Å². The van der Waals surface area contributed by atoms with Crippen molar-refractivity contribution < 1.29 is 28.4 Å². The van der Waals surface area contributed by atoms with Crippen LogP contribution in [0.3, 0.4) is 0 Å². The van der Waals surface area contributed by atoms with Gasteiger partial charge in [-0.2, -0.15) is 5.10 Å². The number of imide groups is 2. The Morgan fingerprint density at radius 2 is 1.71 bits per heavy atom. The number of hydrogen-bond acceptors (Lipinski definition) is 7. The second kappa shape index (κ2) is 9.83. The number of urea groups is 1. The SMILES string of the molecule is Cc1ccc(N2C(=O)NC(=O)[C@@H](/C=N\NC(=O)c3ccc(NC(=O)c4ccco4)cc3)C2=O)cc1. The van der Waals surface area contributed by atoms with Gasteiger partial charge in [-0.05, 0) is 55.5 Å². The number of nitrogens with zero attached hydrogens (tertiary/aromatic N) is 2. The molecule has 1 fully saturated rings. The molecule has 3 N–H and O–H groups in total. The van der Waals surface area contributed by atoms with Crippen LogP contribution in [0.5, 0.6) is 0 Å². The molecule has 11 nitrogen and oxygen atoms in total. The molecule has 0 spiro atoms. The number of carbonyl (C=O) groups excluding carboxylic acids is 5. The van der Waals surface area contributed by atoms with Crippen molar-refractivity contribution in [1.29, 1.82) is 0 Å². The maximum Gasteiger partial charge on any atom is 0.335 e. The highest BCUT2D eigenvalue weighted by atomic mass is 16.3. The topological polar surface area (TPSA) is 150 Å². The van der Waals surface area contributed by atoms with Crippen LogP contribution in [0.1, 0.15) is 26.5 Å². The lowest BCUT2D eigenvalue weighted by Crippen LogP contribution is -2.58. The van der Waals surface area contributed by atoms with Gasteiger partial charge in [-0.15, -0.1) is 0 Å². The van der Waals surface area contributed by atoms with E-state index >= 15 is 0 Å². The predicted molar refractivity (Wildman–Crippen MR) is 125 cm³/mol. The van der Waals surface area contributed by atoms with Gasteiger partial charge in [0, 0.05) is 17.5 Å². The van der Waals surface area contributed by atoms with Crippen molar-refractivity contribution in [1.82, 2.24) is 10.7 Å². The molecule has 3 aromatic rings. The molecule has 11 heteroatoms. The van der Waals surface area contributed by atoms with E-state index in [1.165, 1.54) is 36.6 Å². The zero-order valence-corrected chi connectivity index (χ0v) is 18.3. The lowest BCUT2D eigenvalue weighted by Gasteiger charge is -2.28. The normalized spacial score (nSPS) is 15.7. The zero-order valence-electron chi connectivity index (χ0n) is 18.3. The number of hydrogen-bond donors (Lipinski definition) is 3. The van der Waals surface area contributed by atoms with E-state index in [9.17, 15) is 24.0 Å². The minimum absolute atomic E-state index is 0.144. The third-order valence-corrected chi connectivity index (χ3v) is 5.03. The molecule has 1 saturated heterocycles. The van der Waals surface area contributed by atoms with E-state index in [2.05, 4.69) is 21.2 Å². The number of nitrogens with one attached hydrogen (secondary N) is 3. The Bertz CT molecular complexity index is 1310. The Hall–Kier alpha value is -5.06. The first-order valence-corrected chi connectivity index (χ1v) is 10.4. The summed E-state index contributed by atoms with van der Waals surface area (Å²) in [5.74, 6) is -3.96. The third-order valence-electron chi connectivity index (χ3n) is 5.03. The molecule has 0 aliphatic carbocycles. The molecule has 2 aromatic carbocycles. The lowest BCUT2D eigenvalue weighted by molar-refractivity contribution is -0.131. The molecular weight excluding hydrogens is 454 g/mol. The second-order valence-corrected chi connectivity index (χ2v) is 7.51. The summed E-state index contributed by atoms with van der Waals surface area (Å²) in [6.45, 7) is 1.86. The van der Waals surface area contributed by atoms with E-state index in [4.69, 9.17) is 4.42 Å². The fourth-order valence-electron chi connectivity index (χ4n) is 3.20. The van der Waals surface area contributed by atoms with Crippen LogP contribution in [-0.2, 0) is 9.59 Å². The quantitative estimate of drug-likeness (QED) is 0.284. The molecule has 1 atom stereocenters. The summed E-state index contributed by atoms with van der Waals surface area (Å²) in [6.07, 6.45) is 2.34. The van der Waals surface area contributed by atoms with Crippen LogP contribution in [0.25, 0.3) is 0 Å². The summed E-state index contributed by atoms with van der Waals surface area (Å²) in [5.41, 5.74) is 4.13. The van der Waals surface area contributed by atoms with E-state index < -0.39 is 35.6 Å². The van der Waals surface area contributed by atoms with Gasteiger partial charge in [-0.25, -0.2) is 15.1 Å². The van der Waals surface area contributed by atoms with Crippen LogP contribution in [0, 0.1) is 12.8 Å². The molecule has 0 radical (unpaired) electrons. The highest BCUT2D eigenvalue weighted by molar-refractivity contribution is 6.32. The fourth-order valence-corrected chi connectivity index (χ4v) is 3.20. The Kier molecular flexibility index (Phi) is 6.49. The minimum Gasteiger partial charge on any atom is -0.459 e. The van der Waals surface area contributed by atoms with Crippen molar-refractivity contribution in [2.45, 2.75) is 6.92 Å². The first-order chi connectivity index (χ1) is 16.8. The van der Waals surface area contributed by atoms with E-state index in [-0.39, 0.29) is 11.3 Å². The number of furan rings is 1. The highest BCUT2D eigenvalue weighted by Crippen LogP contribution is 2.20. The number of rotatable bonds is 6. The minimum atomic E-state index is -1.41. The van der Waals surface area contributed by atoms with Gasteiger partial charge in [-0.1, -0.05) is 17.7 Å². The van der Waals surface area contributed by atoms with Crippen LogP contribution in [0.2, 0.25) is 0 Å². The number of benzene rings is 2. The van der Waals surface area contributed by atoms with Gasteiger partial charge in [0.15, 0.2) is 11.7 Å². The summed E-state index contributed by atoms with van der Waals surface area (Å²) in [4.78, 5) is 62.4. The fraction of sp³-hybridized carbons (Fsp3) is 0.0833. The van der Waals surface area contributed by atoms with E-state index in [0.717, 1.165) is 16.7 Å². The van der Waals surface area contributed by atoms with Crippen molar-refractivity contribution in [3.63, 3.8) is 0 Å². The Morgan fingerprint density at radius 1 is 1.00 bits per heavy atom. The molecule has 1 aliphatic heterocycles. The molecule has 1 aliphatic rings. The van der Waals surface area contributed by atoms with Gasteiger partial charge in [0.2, 0.25) is 5.91 Å². The highest BCUT2D eigenvalue weighted by Gasteiger charge is 2.40. The number of amides is 6. The van der Waals surface area contributed by atoms with Gasteiger partial charge in [0.05, 0.1) is 12.0 Å². The molecule has 0 saturated carbocycles. The average molecular weight is 473 g/mol. The first-order valence-electron chi connectivity index (χ1n) is 10.4. The van der Waals surface area contributed by atoms with Crippen LogP contribution >= 0.6 is 0 Å². The maximum atomic E-state index is 12.8. The van der Waals surface area contributed by atoms with E-state index in [1.807, 2.05) is 6.92 Å². The van der Waals surface area contributed by atoms with E-state index in [1.54, 1.807) is 30.3 Å². The Balaban J connectivity index is 1.38. The number of aryl methyl sites for hydroxylation is 1. The standard InChI is InChI=1S/C24H19N5O6/c1-14-4-10-17(11-5-14)29-23(33)18(21(31)27-24(29)34)13-25-28-20(30)15-6-8-16(9-7-15)26-22(32)19-3-2-12-35-19/h2-13,18H,1H3,(H,26,32)(H,28,30)(H,27,31,34)/b25-13-/t18-/m1/s1. The number of anilines is 2. The summed E-state index contributed by atoms with van der Waals surface area (Å²) < 4.78 is 5.02. The van der Waals surface area contributed by atoms with Crippen molar-refractivity contribution >= 4 is 47.2 Å². The first kappa shape index (κ1) is 23.1. The molecular formula is C24H19N5O6. The van der Waals surface area contributed by atoms with Crippen LogP contribution in [-0.4, -0.2) is 35.9 Å². The summed E-state index contributed by atoms with van der Waals surface area (Å²) in [5, 5.41) is 8.45. The third kappa shape index (κ3) is 5.14. The lowest BCUT2D eigenvalue weighted by atomic mass is 10.1. The van der Waals surface area contributed by atoms with Crippen LogP contribution < -0.4 is 21.0 Å². The number of barbiturate groups is 1. The number of hydrazone groups is 1. The maximum absolute atomic E-state index is 12.8. The molecule has 35 heavy (non-hydrogen) atoms. The van der Waals surface area contributed by atoms with Crippen molar-refractivity contribution in [3.8, 4) is 0 Å². The van der Waals surface area contributed by atoms with Crippen LogP contribution in [0.15, 0.2) is 76.4 Å². The van der Waals surface area contributed by atoms with Gasteiger partial charge >= 0.3 is 6.03 Å². The molecule has 6 amide bonds. The van der Waals surface area contributed by atoms with Crippen LogP contribution in [0.4, 0.5) is 16.2 Å². The molecule has 2 heterocycles. The average Bonchev–Trinajstić information content (AvgIpc) is 3.38. The van der Waals surface area contributed by atoms with Gasteiger partial charge in [-0.3, -0.25) is 24.5 Å². The van der Waals surface area contributed by atoms with E-state index in [0.29, 0.717) is 11.4 Å². The second-order valence-electron chi connectivity index (χ2n) is 7.51. The molecule has 4 rings (SSSR count). The summed E-state index contributed by atoms with van der Waals surface area (Å²) in [6, 6.07) is 14.8. The predicted octanol–water partition coefficient (Wildman–Crippen LogP) is 2.46. The van der Waals surface area contributed by atoms with Crippen molar-refractivity contribution in [2.24, 2.45) is 11.0 Å². The van der Waals surface area contributed by atoms with Gasteiger partial charge in [0.25, 0.3) is 17.7 Å². The van der Waals surface area contributed by atoms with Crippen molar-refractivity contribution in [2.75, 3.05) is 10.2 Å². The smallest absolute Gasteiger partial charge is 0.335 e. The molecule has 0 bridgehead atoms. The molecule has 176 valence electrons. The van der Waals surface area contributed by atoms with Gasteiger partial charge in [0.1, 0.15) is 0 Å². The Morgan fingerprint density at radius 3 is 2.37 bits per heavy atom. The van der Waals surface area contributed by atoms with Crippen molar-refractivity contribution in [3.05, 3.63) is 83.8 Å².